The number of hydrogen-bond donors (Lipinski definition) is 3. The van der Waals surface area contributed by atoms with Crippen LogP contribution in [0.15, 0.2) is 22.5 Å². The maximum atomic E-state index is 9.61. The first kappa shape index (κ1) is 26.8. The van der Waals surface area contributed by atoms with Crippen molar-refractivity contribution >= 4 is 41.3 Å². The molecule has 2 unspecified atom stereocenters. The van der Waals surface area contributed by atoms with E-state index in [1.807, 2.05) is 11.3 Å². The van der Waals surface area contributed by atoms with E-state index in [0.717, 1.165) is 51.7 Å². The highest BCUT2D eigenvalue weighted by Gasteiger charge is 2.31. The average Bonchev–Trinajstić information content (AvgIpc) is 3.28. The summed E-state index contributed by atoms with van der Waals surface area (Å²) in [5, 5.41) is 18.8. The number of hydrogen-bond acceptors (Lipinski definition) is 5. The van der Waals surface area contributed by atoms with Crippen molar-refractivity contribution in [1.82, 2.24) is 15.5 Å². The zero-order chi connectivity index (χ0) is 21.2. The van der Waals surface area contributed by atoms with Gasteiger partial charge < -0.3 is 20.5 Å². The molecular formula is C23H41IN4O2S. The Bertz CT molecular complexity index is 632. The molecule has 8 heteroatoms. The maximum absolute atomic E-state index is 9.61. The smallest absolute Gasteiger partial charge is 0.191 e. The normalized spacial score (nSPS) is 23.1. The van der Waals surface area contributed by atoms with Crippen molar-refractivity contribution in [2.24, 2.45) is 10.4 Å². The van der Waals surface area contributed by atoms with Crippen LogP contribution in [0, 0.1) is 5.41 Å². The Morgan fingerprint density at radius 2 is 2.16 bits per heavy atom. The van der Waals surface area contributed by atoms with Crippen molar-refractivity contribution in [3.05, 3.63) is 22.4 Å². The van der Waals surface area contributed by atoms with Crippen molar-refractivity contribution < 1.29 is 9.84 Å². The molecule has 3 rings (SSSR count). The maximum Gasteiger partial charge on any atom is 0.191 e. The van der Waals surface area contributed by atoms with Crippen LogP contribution in [0.2, 0.25) is 0 Å². The number of morpholine rings is 1. The summed E-state index contributed by atoms with van der Waals surface area (Å²) in [5.41, 5.74) is 0.169. The van der Waals surface area contributed by atoms with E-state index in [0.29, 0.717) is 6.04 Å². The van der Waals surface area contributed by atoms with Crippen LogP contribution >= 0.6 is 35.3 Å². The van der Waals surface area contributed by atoms with Crippen LogP contribution in [0.3, 0.4) is 0 Å². The highest BCUT2D eigenvalue weighted by atomic mass is 127. The van der Waals surface area contributed by atoms with Gasteiger partial charge in [-0.2, -0.15) is 0 Å². The van der Waals surface area contributed by atoms with Crippen LogP contribution in [-0.4, -0.2) is 68.0 Å². The van der Waals surface area contributed by atoms with E-state index in [1.54, 1.807) is 0 Å². The van der Waals surface area contributed by atoms with E-state index in [1.165, 1.54) is 37.0 Å². The number of nitrogens with one attached hydrogen (secondary N) is 2. The average molecular weight is 565 g/mol. The minimum atomic E-state index is 0. The van der Waals surface area contributed by atoms with E-state index >= 15 is 0 Å². The molecule has 0 bridgehead atoms. The van der Waals surface area contributed by atoms with Crippen molar-refractivity contribution in [1.29, 1.82) is 0 Å². The first-order chi connectivity index (χ1) is 14.7. The summed E-state index contributed by atoms with van der Waals surface area (Å²) in [4.78, 5) is 8.90. The van der Waals surface area contributed by atoms with E-state index in [9.17, 15) is 5.11 Å². The van der Waals surface area contributed by atoms with E-state index < -0.39 is 0 Å². The van der Waals surface area contributed by atoms with Gasteiger partial charge in [-0.15, -0.1) is 35.3 Å². The summed E-state index contributed by atoms with van der Waals surface area (Å²) < 4.78 is 5.76. The van der Waals surface area contributed by atoms with Gasteiger partial charge in [0.2, 0.25) is 0 Å². The molecule has 0 amide bonds. The van der Waals surface area contributed by atoms with Gasteiger partial charge in [-0.25, -0.2) is 0 Å². The number of rotatable bonds is 9. The lowest BCUT2D eigenvalue weighted by Gasteiger charge is -2.37. The van der Waals surface area contributed by atoms with Crippen molar-refractivity contribution in [3.8, 4) is 0 Å². The predicted octanol–water partition coefficient (Wildman–Crippen LogP) is 4.02. The molecule has 2 fully saturated rings. The van der Waals surface area contributed by atoms with Crippen LogP contribution in [0.4, 0.5) is 0 Å². The second-order valence-electron chi connectivity index (χ2n) is 8.82. The summed E-state index contributed by atoms with van der Waals surface area (Å²) in [5.74, 6) is 0.892. The highest BCUT2D eigenvalue weighted by molar-refractivity contribution is 14.0. The molecular weight excluding hydrogens is 523 g/mol. The molecule has 1 aliphatic carbocycles. The molecule has 31 heavy (non-hydrogen) atoms. The first-order valence-corrected chi connectivity index (χ1v) is 12.6. The number of aliphatic hydroxyl groups is 1. The van der Waals surface area contributed by atoms with E-state index in [4.69, 9.17) is 9.73 Å². The van der Waals surface area contributed by atoms with Crippen LogP contribution < -0.4 is 10.6 Å². The minimum Gasteiger partial charge on any atom is -0.396 e. The van der Waals surface area contributed by atoms with Gasteiger partial charge >= 0.3 is 0 Å². The molecule has 2 atom stereocenters. The van der Waals surface area contributed by atoms with Crippen molar-refractivity contribution in [2.75, 3.05) is 45.9 Å². The molecule has 6 nitrogen and oxygen atoms in total. The third-order valence-corrected chi connectivity index (χ3v) is 7.49. The first-order valence-electron chi connectivity index (χ1n) is 11.7. The summed E-state index contributed by atoms with van der Waals surface area (Å²) in [6.45, 7) is 9.70. The van der Waals surface area contributed by atoms with Gasteiger partial charge in [0.05, 0.1) is 18.8 Å². The Labute approximate surface area is 209 Å². The number of ether oxygens (including phenoxy) is 1. The molecule has 178 valence electrons. The Balaban J connectivity index is 0.00000341. The van der Waals surface area contributed by atoms with Gasteiger partial charge in [-0.3, -0.25) is 9.89 Å². The molecule has 0 spiro atoms. The van der Waals surface area contributed by atoms with Gasteiger partial charge in [-0.05, 0) is 50.0 Å². The number of guanidine groups is 1. The topological polar surface area (TPSA) is 69.1 Å². The predicted molar refractivity (Wildman–Crippen MR) is 141 cm³/mol. The van der Waals surface area contributed by atoms with Crippen LogP contribution in [0.5, 0.6) is 0 Å². The monoisotopic (exact) mass is 564 g/mol. The van der Waals surface area contributed by atoms with Crippen molar-refractivity contribution in [3.63, 3.8) is 0 Å². The molecule has 1 saturated carbocycles. The van der Waals surface area contributed by atoms with Gasteiger partial charge in [0.25, 0.3) is 0 Å². The molecule has 0 radical (unpaired) electrons. The fourth-order valence-corrected chi connectivity index (χ4v) is 5.69. The summed E-state index contributed by atoms with van der Waals surface area (Å²) in [6.07, 6.45) is 7.33. The molecule has 2 aliphatic rings. The third-order valence-electron chi connectivity index (χ3n) is 6.52. The Morgan fingerprint density at radius 1 is 1.35 bits per heavy atom. The molecule has 2 heterocycles. The van der Waals surface area contributed by atoms with E-state index in [-0.39, 0.29) is 42.1 Å². The SMILES string of the molecule is CCNC(=NCC1(CCO)CCCCC1)NCC(c1cccs1)N1CCOC(C)C1.I. The third kappa shape index (κ3) is 8.14. The minimum absolute atomic E-state index is 0. The van der Waals surface area contributed by atoms with Crippen LogP contribution in [-0.2, 0) is 4.74 Å². The van der Waals surface area contributed by atoms with E-state index in [2.05, 4.69) is 46.9 Å². The zero-order valence-electron chi connectivity index (χ0n) is 19.1. The number of nitrogens with zero attached hydrogens (tertiary/aromatic N) is 2. The molecule has 1 saturated heterocycles. The largest absolute Gasteiger partial charge is 0.396 e. The second-order valence-corrected chi connectivity index (χ2v) is 9.80. The summed E-state index contributed by atoms with van der Waals surface area (Å²) >= 11 is 1.82. The quantitative estimate of drug-likeness (QED) is 0.240. The van der Waals surface area contributed by atoms with Crippen molar-refractivity contribution in [2.45, 2.75) is 64.5 Å². The molecule has 3 N–H and O–H groups in total. The van der Waals surface area contributed by atoms with Gasteiger partial charge in [0.15, 0.2) is 5.96 Å². The molecule has 0 aromatic carbocycles. The fourth-order valence-electron chi connectivity index (χ4n) is 4.83. The summed E-state index contributed by atoms with van der Waals surface area (Å²) in [6, 6.07) is 4.69. The molecule has 1 aromatic rings. The zero-order valence-corrected chi connectivity index (χ0v) is 22.3. The second kappa shape index (κ2) is 14.0. The fraction of sp³-hybridized carbons (Fsp3) is 0.783. The lowest BCUT2D eigenvalue weighted by Crippen LogP contribution is -2.48. The Hall–Kier alpha value is -0.420. The van der Waals surface area contributed by atoms with Gasteiger partial charge in [-0.1, -0.05) is 25.3 Å². The van der Waals surface area contributed by atoms with Crippen LogP contribution in [0.25, 0.3) is 0 Å². The highest BCUT2D eigenvalue weighted by Crippen LogP contribution is 2.39. The number of aliphatic imine (C=N–C) groups is 1. The lowest BCUT2D eigenvalue weighted by atomic mass is 9.72. The number of aliphatic hydroxyl groups excluding tert-OH is 1. The number of thiophene rings is 1. The standard InChI is InChI=1S/C23H40N4O2S.HI/c1-3-24-22(26-18-23(11-13-28)9-5-4-6-10-23)25-16-20(21-8-7-15-30-21)27-12-14-29-19(2)17-27;/h7-8,15,19-20,28H,3-6,9-14,16-18H2,1-2H3,(H2,24,25,26);1H. The van der Waals surface area contributed by atoms with Gasteiger partial charge in [0.1, 0.15) is 0 Å². The van der Waals surface area contributed by atoms with Crippen LogP contribution in [0.1, 0.15) is 63.3 Å². The number of halogens is 1. The molecule has 1 aromatic heterocycles. The summed E-state index contributed by atoms with van der Waals surface area (Å²) in [7, 11) is 0. The van der Waals surface area contributed by atoms with Gasteiger partial charge in [0, 0.05) is 44.2 Å². The molecule has 1 aliphatic heterocycles. The Morgan fingerprint density at radius 3 is 2.81 bits per heavy atom. The Kier molecular flexibility index (Phi) is 12.1. The lowest BCUT2D eigenvalue weighted by molar-refractivity contribution is -0.0334.